The molecule has 0 saturated heterocycles. The van der Waals surface area contributed by atoms with E-state index in [1.807, 2.05) is 31.2 Å². The molecule has 0 spiro atoms. The van der Waals surface area contributed by atoms with Crippen LogP contribution in [0.4, 0.5) is 0 Å². The van der Waals surface area contributed by atoms with Gasteiger partial charge in [-0.2, -0.15) is 4.37 Å². The molecule has 2 rings (SSSR count). The van der Waals surface area contributed by atoms with Gasteiger partial charge in [-0.3, -0.25) is 4.79 Å². The van der Waals surface area contributed by atoms with Crippen LogP contribution in [0.3, 0.4) is 0 Å². The van der Waals surface area contributed by atoms with E-state index < -0.39 is 0 Å². The molecular weight excluding hydrogens is 230 g/mol. The van der Waals surface area contributed by atoms with Crippen LogP contribution in [0.25, 0.3) is 10.4 Å². The van der Waals surface area contributed by atoms with Gasteiger partial charge in [-0.25, -0.2) is 0 Å². The maximum absolute atomic E-state index is 11.5. The largest absolute Gasteiger partial charge is 0.299 e. The summed E-state index contributed by atoms with van der Waals surface area (Å²) >= 11 is 1.46. The zero-order valence-electron chi connectivity index (χ0n) is 9.85. The Morgan fingerprint density at radius 3 is 2.76 bits per heavy atom. The smallest absolute Gasteiger partial charge is 0.138 e. The summed E-state index contributed by atoms with van der Waals surface area (Å²) in [5, 5.41) is 0. The van der Waals surface area contributed by atoms with Crippen molar-refractivity contribution in [3.05, 3.63) is 42.1 Å². The minimum Gasteiger partial charge on any atom is -0.299 e. The second-order valence-electron chi connectivity index (χ2n) is 4.01. The van der Waals surface area contributed by atoms with Crippen LogP contribution in [0.1, 0.15) is 25.5 Å². The van der Waals surface area contributed by atoms with Crippen LogP contribution in [0, 0.1) is 0 Å². The number of ketones is 1. The van der Waals surface area contributed by atoms with Gasteiger partial charge in [0.1, 0.15) is 5.78 Å². The summed E-state index contributed by atoms with van der Waals surface area (Å²) in [5.41, 5.74) is 2.06. The molecule has 0 atom stereocenters. The molecule has 0 saturated carbocycles. The fraction of sp³-hybridized carbons (Fsp3) is 0.286. The Kier molecular flexibility index (Phi) is 4.04. The van der Waals surface area contributed by atoms with Crippen molar-refractivity contribution in [2.45, 2.75) is 26.2 Å². The van der Waals surface area contributed by atoms with Crippen molar-refractivity contribution in [1.82, 2.24) is 4.37 Å². The number of carbonyl (C=O) groups excluding carboxylic acids is 1. The Labute approximate surface area is 105 Å². The Hall–Kier alpha value is -1.48. The van der Waals surface area contributed by atoms with E-state index in [1.165, 1.54) is 17.1 Å². The lowest BCUT2D eigenvalue weighted by Crippen LogP contribution is -2.01. The van der Waals surface area contributed by atoms with E-state index >= 15 is 0 Å². The summed E-state index contributed by atoms with van der Waals surface area (Å²) in [6, 6.07) is 12.2. The fourth-order valence-electron chi connectivity index (χ4n) is 1.70. The first kappa shape index (κ1) is 12.0. The lowest BCUT2D eigenvalue weighted by molar-refractivity contribution is -0.118. The first-order chi connectivity index (χ1) is 8.29. The summed E-state index contributed by atoms with van der Waals surface area (Å²) in [6.07, 6.45) is 2.03. The molecule has 1 heterocycles. The average molecular weight is 245 g/mol. The van der Waals surface area contributed by atoms with Crippen LogP contribution in [0.5, 0.6) is 0 Å². The molecule has 0 N–H and O–H groups in total. The second kappa shape index (κ2) is 5.73. The predicted octanol–water partition coefficient (Wildman–Crippen LogP) is 3.72. The lowest BCUT2D eigenvalue weighted by atomic mass is 10.1. The number of rotatable bonds is 5. The molecule has 0 radical (unpaired) electrons. The number of aromatic nitrogens is 1. The van der Waals surface area contributed by atoms with Crippen LogP contribution in [-0.4, -0.2) is 10.2 Å². The van der Waals surface area contributed by atoms with Crippen molar-refractivity contribution in [1.29, 1.82) is 0 Å². The zero-order valence-corrected chi connectivity index (χ0v) is 10.7. The fourth-order valence-corrected chi connectivity index (χ4v) is 2.47. The Morgan fingerprint density at radius 1 is 1.29 bits per heavy atom. The molecule has 1 aromatic carbocycles. The van der Waals surface area contributed by atoms with Crippen LogP contribution in [0.2, 0.25) is 0 Å². The highest BCUT2D eigenvalue weighted by molar-refractivity contribution is 7.09. The predicted molar refractivity (Wildman–Crippen MR) is 71.2 cm³/mol. The number of hydrogen-bond donors (Lipinski definition) is 0. The molecule has 0 aliphatic rings. The number of hydrogen-bond acceptors (Lipinski definition) is 3. The molecule has 2 aromatic rings. The van der Waals surface area contributed by atoms with Gasteiger partial charge in [0.2, 0.25) is 0 Å². The molecule has 3 heteroatoms. The minimum atomic E-state index is 0.275. The molecule has 0 unspecified atom stereocenters. The van der Waals surface area contributed by atoms with Gasteiger partial charge in [-0.15, -0.1) is 0 Å². The quantitative estimate of drug-likeness (QED) is 0.803. The van der Waals surface area contributed by atoms with Gasteiger partial charge in [-0.05, 0) is 29.6 Å². The third-order valence-corrected chi connectivity index (χ3v) is 3.40. The van der Waals surface area contributed by atoms with Gasteiger partial charge in [0.15, 0.2) is 0 Å². The molecule has 17 heavy (non-hydrogen) atoms. The van der Waals surface area contributed by atoms with Gasteiger partial charge >= 0.3 is 0 Å². The minimum absolute atomic E-state index is 0.275. The molecular formula is C14H15NOS. The van der Waals surface area contributed by atoms with Crippen molar-refractivity contribution in [3.8, 4) is 10.4 Å². The Bertz CT molecular complexity index is 490. The molecule has 0 aliphatic carbocycles. The van der Waals surface area contributed by atoms with Crippen molar-refractivity contribution < 1.29 is 4.79 Å². The summed E-state index contributed by atoms with van der Waals surface area (Å²) < 4.78 is 4.34. The number of Topliss-reactive ketones (excluding diaryl/α,β-unsaturated/α-hetero) is 1. The van der Waals surface area contributed by atoms with Gasteiger partial charge in [-0.1, -0.05) is 37.3 Å². The van der Waals surface area contributed by atoms with E-state index in [9.17, 15) is 4.79 Å². The first-order valence-electron chi connectivity index (χ1n) is 5.82. The van der Waals surface area contributed by atoms with E-state index in [0.29, 0.717) is 12.8 Å². The second-order valence-corrected chi connectivity index (χ2v) is 4.82. The molecule has 1 aromatic heterocycles. The van der Waals surface area contributed by atoms with E-state index in [1.54, 1.807) is 0 Å². The number of benzene rings is 1. The molecule has 0 aliphatic heterocycles. The van der Waals surface area contributed by atoms with Crippen LogP contribution >= 0.6 is 11.5 Å². The highest BCUT2D eigenvalue weighted by atomic mass is 32.1. The Morgan fingerprint density at radius 2 is 2.06 bits per heavy atom. The van der Waals surface area contributed by atoms with E-state index in [0.717, 1.165) is 17.0 Å². The molecule has 0 bridgehead atoms. The zero-order chi connectivity index (χ0) is 12.1. The van der Waals surface area contributed by atoms with E-state index in [4.69, 9.17) is 0 Å². The van der Waals surface area contributed by atoms with Crippen LogP contribution in [-0.2, 0) is 11.2 Å². The molecule has 2 nitrogen and oxygen atoms in total. The summed E-state index contributed by atoms with van der Waals surface area (Å²) in [6.45, 7) is 2.02. The van der Waals surface area contributed by atoms with Crippen molar-refractivity contribution >= 4 is 17.3 Å². The summed E-state index contributed by atoms with van der Waals surface area (Å²) in [4.78, 5) is 12.7. The maximum Gasteiger partial charge on any atom is 0.138 e. The average Bonchev–Trinajstić information content (AvgIpc) is 2.79. The first-order valence-corrected chi connectivity index (χ1v) is 6.59. The van der Waals surface area contributed by atoms with Crippen LogP contribution in [0.15, 0.2) is 36.4 Å². The highest BCUT2D eigenvalue weighted by Gasteiger charge is 2.08. The van der Waals surface area contributed by atoms with Crippen molar-refractivity contribution in [3.63, 3.8) is 0 Å². The molecule has 88 valence electrons. The topological polar surface area (TPSA) is 30.0 Å². The van der Waals surface area contributed by atoms with Gasteiger partial charge in [0.25, 0.3) is 0 Å². The summed E-state index contributed by atoms with van der Waals surface area (Å²) in [7, 11) is 0. The highest BCUT2D eigenvalue weighted by Crippen LogP contribution is 2.24. The number of carbonyl (C=O) groups is 1. The molecule has 0 fully saturated rings. The SMILES string of the molecule is CCCC(=O)Cc1cc(-c2ccccc2)sn1. The van der Waals surface area contributed by atoms with E-state index in [-0.39, 0.29) is 5.78 Å². The van der Waals surface area contributed by atoms with Gasteiger partial charge in [0.05, 0.1) is 10.6 Å². The lowest BCUT2D eigenvalue weighted by Gasteiger charge is -1.94. The monoisotopic (exact) mass is 245 g/mol. The van der Waals surface area contributed by atoms with Gasteiger partial charge in [0, 0.05) is 12.8 Å². The Balaban J connectivity index is 2.09. The third kappa shape index (κ3) is 3.24. The van der Waals surface area contributed by atoms with E-state index in [2.05, 4.69) is 16.5 Å². The van der Waals surface area contributed by atoms with Gasteiger partial charge < -0.3 is 0 Å². The van der Waals surface area contributed by atoms with Crippen molar-refractivity contribution in [2.24, 2.45) is 0 Å². The van der Waals surface area contributed by atoms with Crippen molar-refractivity contribution in [2.75, 3.05) is 0 Å². The maximum atomic E-state index is 11.5. The normalized spacial score (nSPS) is 10.4. The third-order valence-electron chi connectivity index (χ3n) is 2.52. The van der Waals surface area contributed by atoms with Crippen LogP contribution < -0.4 is 0 Å². The number of nitrogens with zero attached hydrogens (tertiary/aromatic N) is 1. The standard InChI is InChI=1S/C14H15NOS/c1-2-6-13(16)9-12-10-14(17-15-12)11-7-4-3-5-8-11/h3-5,7-8,10H,2,6,9H2,1H3. The summed E-state index contributed by atoms with van der Waals surface area (Å²) in [5.74, 6) is 0.275. The molecule has 0 amide bonds.